The highest BCUT2D eigenvalue weighted by atomic mass is 28.3. The highest BCUT2D eigenvalue weighted by molar-refractivity contribution is 7.00. The molecule has 0 spiro atoms. The van der Waals surface area contributed by atoms with E-state index < -0.39 is 16.5 Å². The van der Waals surface area contributed by atoms with Gasteiger partial charge in [0.2, 0.25) is 0 Å². The third-order valence-corrected chi connectivity index (χ3v) is 16.1. The molecule has 0 bridgehead atoms. The minimum Gasteiger partial charge on any atom is -0.457 e. The summed E-state index contributed by atoms with van der Waals surface area (Å²) in [6, 6.07) is 20.7. The zero-order chi connectivity index (χ0) is 29.2. The summed E-state index contributed by atoms with van der Waals surface area (Å²) in [5.41, 5.74) is 5.17. The smallest absolute Gasteiger partial charge is 0.190 e. The van der Waals surface area contributed by atoms with Crippen molar-refractivity contribution in [3.8, 4) is 11.5 Å². The Morgan fingerprint density at radius 3 is 1.56 bits per heavy atom. The van der Waals surface area contributed by atoms with E-state index in [2.05, 4.69) is 154 Å². The van der Waals surface area contributed by atoms with E-state index in [1.807, 2.05) is 0 Å². The Morgan fingerprint density at radius 2 is 1.13 bits per heavy atom. The number of rotatable bonds is 5. The highest BCUT2D eigenvalue weighted by Crippen LogP contribution is 2.49. The second-order valence-electron chi connectivity index (χ2n) is 14.6. The number of hydrogen-bond donors (Lipinski definition) is 2. The van der Waals surface area contributed by atoms with Crippen LogP contribution in [-0.2, 0) is 16.2 Å². The zero-order valence-corrected chi connectivity index (χ0v) is 28.6. The SMILES string of the molecule is CN[Si](C)(C)c1cc(C(C)(C)C)cc2c1Oc1c(cc(C(C)(C)C)cc1[Si](C)(NC)c1ccccc1)C2(C)C. The molecular formula is C34H50N2OSi2. The molecule has 39 heavy (non-hydrogen) atoms. The van der Waals surface area contributed by atoms with Crippen LogP contribution in [0.5, 0.6) is 11.5 Å². The number of nitrogens with one attached hydrogen (secondary N) is 2. The van der Waals surface area contributed by atoms with Gasteiger partial charge in [0.1, 0.15) is 11.5 Å². The van der Waals surface area contributed by atoms with Crippen LogP contribution in [0.4, 0.5) is 0 Å². The first kappa shape index (κ1) is 29.8. The van der Waals surface area contributed by atoms with Gasteiger partial charge in [0.25, 0.3) is 0 Å². The van der Waals surface area contributed by atoms with Gasteiger partial charge in [-0.05, 0) is 53.0 Å². The standard InChI is InChI=1S/C34H50N2OSi2/c1-32(2,3)23-19-26-30(28(21-23)38(11,12)35-9)37-31-27(34(26,7)8)20-24(33(4,5)6)22-29(31)39(13,36-10)25-17-15-14-16-18-25/h14-22,35-36H,1-13H3. The topological polar surface area (TPSA) is 33.3 Å². The summed E-state index contributed by atoms with van der Waals surface area (Å²) in [5.74, 6) is 2.12. The molecule has 1 aliphatic rings. The molecule has 1 aliphatic heterocycles. The molecule has 3 aromatic carbocycles. The van der Waals surface area contributed by atoms with Crippen LogP contribution >= 0.6 is 0 Å². The lowest BCUT2D eigenvalue weighted by Gasteiger charge is -2.42. The second-order valence-corrected chi connectivity index (χ2v) is 22.8. The Labute approximate surface area is 240 Å². The molecule has 0 aromatic heterocycles. The number of hydrogen-bond acceptors (Lipinski definition) is 3. The average molecular weight is 559 g/mol. The van der Waals surface area contributed by atoms with Gasteiger partial charge < -0.3 is 14.7 Å². The third kappa shape index (κ3) is 5.08. The number of fused-ring (bicyclic) bond motifs is 2. The number of benzene rings is 3. The molecule has 5 heteroatoms. The average Bonchev–Trinajstić information content (AvgIpc) is 2.86. The maximum Gasteiger partial charge on any atom is 0.190 e. The summed E-state index contributed by atoms with van der Waals surface area (Å²) < 4.78 is 7.26. The summed E-state index contributed by atoms with van der Waals surface area (Å²) >= 11 is 0. The fourth-order valence-electron chi connectivity index (χ4n) is 5.70. The first-order valence-electron chi connectivity index (χ1n) is 14.4. The second kappa shape index (κ2) is 9.72. The molecule has 4 rings (SSSR count). The van der Waals surface area contributed by atoms with Gasteiger partial charge in [-0.1, -0.05) is 123 Å². The Kier molecular flexibility index (Phi) is 7.43. The van der Waals surface area contributed by atoms with Gasteiger partial charge in [-0.25, -0.2) is 0 Å². The Balaban J connectivity index is 2.13. The molecule has 0 saturated heterocycles. The number of ether oxygens (including phenoxy) is 1. The van der Waals surface area contributed by atoms with Crippen molar-refractivity contribution in [3.63, 3.8) is 0 Å². The minimum atomic E-state index is -2.34. The Bertz CT molecular complexity index is 1380. The maximum atomic E-state index is 7.26. The molecule has 0 fully saturated rings. The van der Waals surface area contributed by atoms with Gasteiger partial charge in [0.05, 0.1) is 0 Å². The lowest BCUT2D eigenvalue weighted by Crippen LogP contribution is -2.66. The summed E-state index contributed by atoms with van der Waals surface area (Å²) in [6.45, 7) is 25.9. The molecular weight excluding hydrogens is 509 g/mol. The third-order valence-electron chi connectivity index (χ3n) is 9.15. The van der Waals surface area contributed by atoms with Crippen molar-refractivity contribution in [1.82, 2.24) is 9.96 Å². The van der Waals surface area contributed by atoms with Crippen molar-refractivity contribution in [3.05, 3.63) is 76.9 Å². The van der Waals surface area contributed by atoms with E-state index in [-0.39, 0.29) is 16.2 Å². The van der Waals surface area contributed by atoms with Crippen LogP contribution in [0.15, 0.2) is 54.6 Å². The van der Waals surface area contributed by atoms with E-state index in [9.17, 15) is 0 Å². The van der Waals surface area contributed by atoms with Gasteiger partial charge in [0, 0.05) is 21.7 Å². The Hall–Kier alpha value is -2.19. The zero-order valence-electron chi connectivity index (χ0n) is 26.6. The van der Waals surface area contributed by atoms with Gasteiger partial charge in [-0.2, -0.15) is 0 Å². The molecule has 0 radical (unpaired) electrons. The van der Waals surface area contributed by atoms with Gasteiger partial charge in [0.15, 0.2) is 16.5 Å². The van der Waals surface area contributed by atoms with E-state index in [4.69, 9.17) is 4.74 Å². The van der Waals surface area contributed by atoms with Crippen molar-refractivity contribution in [2.45, 2.75) is 91.3 Å². The van der Waals surface area contributed by atoms with E-state index in [0.717, 1.165) is 11.5 Å². The summed E-state index contributed by atoms with van der Waals surface area (Å²) in [6.07, 6.45) is 0. The Morgan fingerprint density at radius 1 is 0.667 bits per heavy atom. The van der Waals surface area contributed by atoms with Gasteiger partial charge >= 0.3 is 0 Å². The molecule has 3 aromatic rings. The molecule has 210 valence electrons. The molecule has 1 unspecified atom stereocenters. The van der Waals surface area contributed by atoms with Gasteiger partial charge in [-0.15, -0.1) is 0 Å². The minimum absolute atomic E-state index is 0.0132. The lowest BCUT2D eigenvalue weighted by molar-refractivity contribution is 0.420. The molecule has 2 N–H and O–H groups in total. The van der Waals surface area contributed by atoms with E-state index >= 15 is 0 Å². The highest BCUT2D eigenvalue weighted by Gasteiger charge is 2.44. The molecule has 1 heterocycles. The predicted molar refractivity (Wildman–Crippen MR) is 175 cm³/mol. The van der Waals surface area contributed by atoms with Gasteiger partial charge in [-0.3, -0.25) is 0 Å². The fraction of sp³-hybridized carbons (Fsp3) is 0.471. The maximum absolute atomic E-state index is 7.26. The van der Waals surface area contributed by atoms with E-state index in [1.165, 1.54) is 37.8 Å². The first-order valence-corrected chi connectivity index (χ1v) is 19.9. The van der Waals surface area contributed by atoms with E-state index in [1.54, 1.807) is 0 Å². The normalized spacial score (nSPS) is 16.6. The van der Waals surface area contributed by atoms with Crippen LogP contribution in [0.3, 0.4) is 0 Å². The van der Waals surface area contributed by atoms with Crippen molar-refractivity contribution < 1.29 is 4.74 Å². The van der Waals surface area contributed by atoms with Crippen molar-refractivity contribution in [1.29, 1.82) is 0 Å². The quantitative estimate of drug-likeness (QED) is 0.363. The van der Waals surface area contributed by atoms with Crippen LogP contribution in [0.2, 0.25) is 19.6 Å². The summed E-state index contributed by atoms with van der Waals surface area (Å²) in [5, 5.41) is 4.04. The van der Waals surface area contributed by atoms with Crippen LogP contribution in [0.25, 0.3) is 0 Å². The molecule has 3 nitrogen and oxygen atoms in total. The van der Waals surface area contributed by atoms with E-state index in [0.29, 0.717) is 0 Å². The fourth-order valence-corrected chi connectivity index (χ4v) is 10.0. The van der Waals surface area contributed by atoms with Crippen molar-refractivity contribution in [2.24, 2.45) is 0 Å². The van der Waals surface area contributed by atoms with Crippen molar-refractivity contribution in [2.75, 3.05) is 14.1 Å². The predicted octanol–water partition coefficient (Wildman–Crippen LogP) is 6.25. The molecule has 1 atom stereocenters. The lowest BCUT2D eigenvalue weighted by atomic mass is 9.72. The van der Waals surface area contributed by atoms with Crippen molar-refractivity contribution >= 4 is 32.0 Å². The summed E-state index contributed by atoms with van der Waals surface area (Å²) in [4.78, 5) is 7.54. The molecule has 0 amide bonds. The van der Waals surface area contributed by atoms with Crippen LogP contribution in [0, 0.1) is 0 Å². The van der Waals surface area contributed by atoms with Crippen LogP contribution in [-0.4, -0.2) is 30.6 Å². The van der Waals surface area contributed by atoms with Crippen LogP contribution in [0.1, 0.15) is 77.6 Å². The summed E-state index contributed by atoms with van der Waals surface area (Å²) in [7, 11) is -0.0995. The monoisotopic (exact) mass is 558 g/mol. The molecule has 0 saturated carbocycles. The largest absolute Gasteiger partial charge is 0.457 e. The first-order chi connectivity index (χ1) is 17.9. The van der Waals surface area contributed by atoms with Crippen LogP contribution < -0.4 is 30.3 Å². The molecule has 0 aliphatic carbocycles.